The summed E-state index contributed by atoms with van der Waals surface area (Å²) in [5.41, 5.74) is 7.61. The molecule has 4 rings (SSSR count). The zero-order valence-electron chi connectivity index (χ0n) is 16.6. The summed E-state index contributed by atoms with van der Waals surface area (Å²) >= 11 is 5.80. The summed E-state index contributed by atoms with van der Waals surface area (Å²) in [7, 11) is 0. The molecular formula is C21H25ClFN5O2. The first kappa shape index (κ1) is 21.0. The molecule has 0 radical (unpaired) electrons. The first-order chi connectivity index (χ1) is 14.3. The number of anilines is 1. The number of primary amides is 1. The number of rotatable bonds is 7. The zero-order chi connectivity index (χ0) is 21.4. The predicted molar refractivity (Wildman–Crippen MR) is 111 cm³/mol. The number of nitrogens with zero attached hydrogens (tertiary/aromatic N) is 2. The summed E-state index contributed by atoms with van der Waals surface area (Å²) in [6, 6.07) is 7.47. The fourth-order valence-electron chi connectivity index (χ4n) is 5.06. The van der Waals surface area contributed by atoms with Gasteiger partial charge in [0.05, 0.1) is 18.2 Å². The molecule has 0 spiro atoms. The lowest BCUT2D eigenvalue weighted by molar-refractivity contribution is -0.123. The van der Waals surface area contributed by atoms with E-state index >= 15 is 0 Å². The number of aliphatic hydroxyl groups excluding tert-OH is 1. The number of hydrogen-bond acceptors (Lipinski definition) is 6. The summed E-state index contributed by atoms with van der Waals surface area (Å²) < 4.78 is 14.2. The molecule has 160 valence electrons. The van der Waals surface area contributed by atoms with Crippen molar-refractivity contribution in [3.8, 4) is 0 Å². The van der Waals surface area contributed by atoms with Gasteiger partial charge in [0.2, 0.25) is 11.2 Å². The number of halogens is 2. The lowest BCUT2D eigenvalue weighted by atomic mass is 9.81. The van der Waals surface area contributed by atoms with Gasteiger partial charge in [-0.05, 0) is 48.8 Å². The fourth-order valence-corrected chi connectivity index (χ4v) is 5.20. The van der Waals surface area contributed by atoms with Gasteiger partial charge in [-0.15, -0.1) is 0 Å². The van der Waals surface area contributed by atoms with E-state index in [1.165, 1.54) is 0 Å². The Labute approximate surface area is 179 Å². The lowest BCUT2D eigenvalue weighted by Gasteiger charge is -2.36. The number of hydrogen-bond donors (Lipinski definition) is 4. The Bertz CT molecular complexity index is 945. The predicted octanol–water partition coefficient (Wildman–Crippen LogP) is 2.19. The third-order valence-electron chi connectivity index (χ3n) is 6.35. The summed E-state index contributed by atoms with van der Waals surface area (Å²) in [4.78, 5) is 19.6. The van der Waals surface area contributed by atoms with E-state index in [9.17, 15) is 14.3 Å². The summed E-state index contributed by atoms with van der Waals surface area (Å²) in [5, 5.41) is 17.0. The molecule has 1 heterocycles. The van der Waals surface area contributed by atoms with E-state index in [1.54, 1.807) is 0 Å². The second kappa shape index (κ2) is 8.45. The molecule has 5 N–H and O–H groups in total. The molecule has 9 heteroatoms. The van der Waals surface area contributed by atoms with Gasteiger partial charge in [-0.2, -0.15) is 4.98 Å². The summed E-state index contributed by atoms with van der Waals surface area (Å²) in [5.74, 6) is -1.34. The van der Waals surface area contributed by atoms with Crippen LogP contribution in [0.5, 0.6) is 0 Å². The second-order valence-corrected chi connectivity index (χ2v) is 8.61. The van der Waals surface area contributed by atoms with Crippen molar-refractivity contribution in [2.24, 2.45) is 23.5 Å². The van der Waals surface area contributed by atoms with E-state index in [4.69, 9.17) is 17.3 Å². The molecule has 1 unspecified atom stereocenters. The van der Waals surface area contributed by atoms with Crippen LogP contribution in [0.1, 0.15) is 30.1 Å². The minimum atomic E-state index is -0.638. The molecule has 2 bridgehead atoms. The maximum Gasteiger partial charge on any atom is 0.224 e. The molecule has 2 aliphatic rings. The van der Waals surface area contributed by atoms with Gasteiger partial charge >= 0.3 is 0 Å². The van der Waals surface area contributed by atoms with Crippen molar-refractivity contribution in [1.82, 2.24) is 15.3 Å². The molecule has 1 aromatic carbocycles. The van der Waals surface area contributed by atoms with E-state index < -0.39 is 23.7 Å². The molecule has 30 heavy (non-hydrogen) atoms. The smallest absolute Gasteiger partial charge is 0.224 e. The van der Waals surface area contributed by atoms with Crippen LogP contribution < -0.4 is 16.4 Å². The highest BCUT2D eigenvalue weighted by Gasteiger charge is 2.55. The first-order valence-corrected chi connectivity index (χ1v) is 10.4. The molecule has 2 aliphatic carbocycles. The van der Waals surface area contributed by atoms with Crippen LogP contribution in [0.2, 0.25) is 5.28 Å². The molecule has 0 saturated heterocycles. The number of fused-ring (bicyclic) bond motifs is 2. The Balaban J connectivity index is 1.47. The Morgan fingerprint density at radius 1 is 1.43 bits per heavy atom. The molecule has 6 atom stereocenters. The van der Waals surface area contributed by atoms with Gasteiger partial charge in [0, 0.05) is 18.6 Å². The third kappa shape index (κ3) is 4.12. The topological polar surface area (TPSA) is 113 Å². The zero-order valence-corrected chi connectivity index (χ0v) is 17.3. The van der Waals surface area contributed by atoms with Crippen LogP contribution >= 0.6 is 11.6 Å². The quantitative estimate of drug-likeness (QED) is 0.498. The standard InChI is InChI=1S/C21H25ClFN5O2/c1-10-3-2-4-11(5-10)16(29)9-25-15-7-12-6-13(15)18(17(12)19(24)30)27-20-14(23)8-26-21(22)28-20/h2-5,8,12-13,15-18,25,29H,6-7,9H2,1H3,(H2,24,30)(H,26,27,28)/t12-,13+,15+,16?,17-,18+/m0/s1. The lowest BCUT2D eigenvalue weighted by Crippen LogP contribution is -2.51. The van der Waals surface area contributed by atoms with Gasteiger partial charge in [0.25, 0.3) is 0 Å². The van der Waals surface area contributed by atoms with Gasteiger partial charge in [-0.1, -0.05) is 29.8 Å². The van der Waals surface area contributed by atoms with E-state index in [0.717, 1.165) is 30.2 Å². The Hall–Kier alpha value is -2.29. The Morgan fingerprint density at radius 2 is 2.23 bits per heavy atom. The number of aromatic nitrogens is 2. The molecule has 0 aliphatic heterocycles. The number of carbonyl (C=O) groups excluding carboxylic acids is 1. The van der Waals surface area contributed by atoms with Gasteiger partial charge in [-0.25, -0.2) is 9.37 Å². The fraction of sp³-hybridized carbons (Fsp3) is 0.476. The third-order valence-corrected chi connectivity index (χ3v) is 6.53. The first-order valence-electron chi connectivity index (χ1n) is 10.1. The minimum absolute atomic E-state index is 0.0302. The van der Waals surface area contributed by atoms with Crippen molar-refractivity contribution in [3.63, 3.8) is 0 Å². The maximum absolute atomic E-state index is 14.2. The van der Waals surface area contributed by atoms with Crippen molar-refractivity contribution in [3.05, 3.63) is 52.7 Å². The summed E-state index contributed by atoms with van der Waals surface area (Å²) in [6.45, 7) is 2.37. The highest BCUT2D eigenvalue weighted by molar-refractivity contribution is 6.28. The van der Waals surface area contributed by atoms with Crippen LogP contribution in [0.15, 0.2) is 30.5 Å². The van der Waals surface area contributed by atoms with E-state index in [1.807, 2.05) is 31.2 Å². The number of benzene rings is 1. The maximum atomic E-state index is 14.2. The molecule has 2 saturated carbocycles. The van der Waals surface area contributed by atoms with Crippen LogP contribution in [-0.4, -0.2) is 39.6 Å². The molecule has 1 amide bonds. The number of amides is 1. The van der Waals surface area contributed by atoms with Gasteiger partial charge in [-0.3, -0.25) is 4.79 Å². The number of carbonyl (C=O) groups is 1. The molecular weight excluding hydrogens is 409 g/mol. The monoisotopic (exact) mass is 433 g/mol. The van der Waals surface area contributed by atoms with Gasteiger partial charge in [0.1, 0.15) is 0 Å². The van der Waals surface area contributed by atoms with E-state index in [2.05, 4.69) is 20.6 Å². The SMILES string of the molecule is Cc1cccc(C(O)CN[C@@H]2C[C@@H]3C[C@H]2[C@@H](Nc2nc(Cl)ncc2F)[C@H]3C(N)=O)c1. The number of aliphatic hydroxyl groups is 1. The summed E-state index contributed by atoms with van der Waals surface area (Å²) in [6.07, 6.45) is 1.94. The largest absolute Gasteiger partial charge is 0.387 e. The van der Waals surface area contributed by atoms with Crippen molar-refractivity contribution in [2.75, 3.05) is 11.9 Å². The van der Waals surface area contributed by atoms with Crippen molar-refractivity contribution < 1.29 is 14.3 Å². The van der Waals surface area contributed by atoms with Crippen LogP contribution in [0.3, 0.4) is 0 Å². The Morgan fingerprint density at radius 3 is 2.97 bits per heavy atom. The van der Waals surface area contributed by atoms with Crippen LogP contribution in [0, 0.1) is 30.5 Å². The average molecular weight is 434 g/mol. The van der Waals surface area contributed by atoms with Crippen molar-refractivity contribution in [1.29, 1.82) is 0 Å². The average Bonchev–Trinajstić information content (AvgIpc) is 3.27. The van der Waals surface area contributed by atoms with Crippen molar-refractivity contribution >= 4 is 23.3 Å². The van der Waals surface area contributed by atoms with E-state index in [0.29, 0.717) is 6.54 Å². The van der Waals surface area contributed by atoms with Crippen LogP contribution in [0.4, 0.5) is 10.2 Å². The second-order valence-electron chi connectivity index (χ2n) is 8.27. The number of nitrogens with two attached hydrogens (primary N) is 1. The molecule has 2 fully saturated rings. The Kier molecular flexibility index (Phi) is 5.90. The van der Waals surface area contributed by atoms with Gasteiger partial charge < -0.3 is 21.5 Å². The number of aryl methyl sites for hydroxylation is 1. The van der Waals surface area contributed by atoms with Crippen LogP contribution in [0.25, 0.3) is 0 Å². The molecule has 2 aromatic rings. The highest BCUT2D eigenvalue weighted by atomic mass is 35.5. The normalized spacial score (nSPS) is 28.5. The minimum Gasteiger partial charge on any atom is -0.387 e. The highest BCUT2D eigenvalue weighted by Crippen LogP contribution is 2.49. The van der Waals surface area contributed by atoms with Gasteiger partial charge in [0.15, 0.2) is 11.6 Å². The van der Waals surface area contributed by atoms with E-state index in [-0.39, 0.29) is 35.0 Å². The molecule has 1 aromatic heterocycles. The van der Waals surface area contributed by atoms with Crippen molar-refractivity contribution in [2.45, 2.75) is 38.0 Å². The van der Waals surface area contributed by atoms with Crippen LogP contribution in [-0.2, 0) is 4.79 Å². The molecule has 7 nitrogen and oxygen atoms in total. The number of nitrogens with one attached hydrogen (secondary N) is 2.